The van der Waals surface area contributed by atoms with Crippen molar-refractivity contribution in [3.8, 4) is 0 Å². The highest BCUT2D eigenvalue weighted by Crippen LogP contribution is 2.17. The maximum Gasteiger partial charge on any atom is 0.188 e. The van der Waals surface area contributed by atoms with Gasteiger partial charge in [-0.25, -0.2) is 0 Å². The Hall–Kier alpha value is -0.810. The molecule has 0 amide bonds. The van der Waals surface area contributed by atoms with Crippen LogP contribution in [0.25, 0.3) is 0 Å². The summed E-state index contributed by atoms with van der Waals surface area (Å²) in [5.41, 5.74) is 5.87. The quantitative estimate of drug-likeness (QED) is 0.402. The van der Waals surface area contributed by atoms with Gasteiger partial charge in [0.15, 0.2) is 5.96 Å². The van der Waals surface area contributed by atoms with Crippen LogP contribution in [0, 0.1) is 5.92 Å². The standard InChI is InChI=1S/C15H32N4O/c1-4-20-10-6-8-17-15(16)18-11-14(3)19-9-5-7-13(2)12-19/h13-14H,4-12H2,1-3H3,(H3,16,17,18). The van der Waals surface area contributed by atoms with Crippen LogP contribution < -0.4 is 11.1 Å². The molecule has 3 N–H and O–H groups in total. The Morgan fingerprint density at radius 1 is 1.55 bits per heavy atom. The number of hydrogen-bond acceptors (Lipinski definition) is 3. The van der Waals surface area contributed by atoms with Gasteiger partial charge in [-0.3, -0.25) is 9.89 Å². The molecule has 0 saturated carbocycles. The number of piperidine rings is 1. The van der Waals surface area contributed by atoms with Gasteiger partial charge in [-0.1, -0.05) is 6.92 Å². The summed E-state index contributed by atoms with van der Waals surface area (Å²) in [6.45, 7) is 12.1. The number of nitrogens with zero attached hydrogens (tertiary/aromatic N) is 2. The lowest BCUT2D eigenvalue weighted by Gasteiger charge is -2.34. The van der Waals surface area contributed by atoms with Crippen LogP contribution in [-0.2, 0) is 4.74 Å². The van der Waals surface area contributed by atoms with Gasteiger partial charge in [-0.05, 0) is 45.6 Å². The van der Waals surface area contributed by atoms with E-state index in [9.17, 15) is 0 Å². The topological polar surface area (TPSA) is 62.9 Å². The van der Waals surface area contributed by atoms with E-state index in [1.54, 1.807) is 0 Å². The van der Waals surface area contributed by atoms with E-state index in [0.717, 1.165) is 38.6 Å². The fraction of sp³-hybridized carbons (Fsp3) is 0.933. The number of hydrogen-bond donors (Lipinski definition) is 2. The van der Waals surface area contributed by atoms with Crippen molar-refractivity contribution < 1.29 is 4.74 Å². The first-order valence-electron chi connectivity index (χ1n) is 7.99. The first-order chi connectivity index (χ1) is 9.63. The number of rotatable bonds is 8. The Balaban J connectivity index is 2.17. The Bertz CT molecular complexity index is 283. The first kappa shape index (κ1) is 17.2. The van der Waals surface area contributed by atoms with Crippen LogP contribution in [-0.4, -0.2) is 56.3 Å². The van der Waals surface area contributed by atoms with Crippen LogP contribution in [0.2, 0.25) is 0 Å². The molecular formula is C15H32N4O. The molecule has 0 aromatic heterocycles. The minimum Gasteiger partial charge on any atom is -0.382 e. The summed E-state index contributed by atoms with van der Waals surface area (Å²) in [6, 6.07) is 0.474. The van der Waals surface area contributed by atoms with Crippen molar-refractivity contribution in [1.82, 2.24) is 10.2 Å². The molecule has 1 heterocycles. The maximum absolute atomic E-state index is 5.87. The van der Waals surface area contributed by atoms with Gasteiger partial charge in [0, 0.05) is 32.3 Å². The van der Waals surface area contributed by atoms with Crippen LogP contribution in [0.15, 0.2) is 4.99 Å². The second kappa shape index (κ2) is 10.00. The van der Waals surface area contributed by atoms with Crippen molar-refractivity contribution >= 4 is 5.96 Å². The average molecular weight is 284 g/mol. The highest BCUT2D eigenvalue weighted by molar-refractivity contribution is 5.77. The molecule has 20 heavy (non-hydrogen) atoms. The van der Waals surface area contributed by atoms with Gasteiger partial charge >= 0.3 is 0 Å². The summed E-state index contributed by atoms with van der Waals surface area (Å²) in [4.78, 5) is 6.97. The molecule has 1 fully saturated rings. The second-order valence-electron chi connectivity index (χ2n) is 5.79. The summed E-state index contributed by atoms with van der Waals surface area (Å²) < 4.78 is 5.28. The zero-order valence-corrected chi connectivity index (χ0v) is 13.4. The van der Waals surface area contributed by atoms with Crippen molar-refractivity contribution in [2.75, 3.05) is 39.4 Å². The van der Waals surface area contributed by atoms with Gasteiger partial charge in [-0.2, -0.15) is 0 Å². The summed E-state index contributed by atoms with van der Waals surface area (Å²) in [5.74, 6) is 1.36. The minimum atomic E-state index is 0.474. The van der Waals surface area contributed by atoms with Crippen LogP contribution in [0.4, 0.5) is 0 Å². The largest absolute Gasteiger partial charge is 0.382 e. The van der Waals surface area contributed by atoms with Gasteiger partial charge in [0.2, 0.25) is 0 Å². The van der Waals surface area contributed by atoms with Crippen LogP contribution in [0.5, 0.6) is 0 Å². The highest BCUT2D eigenvalue weighted by atomic mass is 16.5. The molecule has 0 aliphatic carbocycles. The van der Waals surface area contributed by atoms with E-state index in [1.807, 2.05) is 6.92 Å². The van der Waals surface area contributed by atoms with Crippen molar-refractivity contribution in [1.29, 1.82) is 0 Å². The molecule has 1 saturated heterocycles. The predicted molar refractivity (Wildman–Crippen MR) is 85.0 cm³/mol. The average Bonchev–Trinajstić information content (AvgIpc) is 2.44. The van der Waals surface area contributed by atoms with E-state index in [1.165, 1.54) is 25.9 Å². The molecular weight excluding hydrogens is 252 g/mol. The highest BCUT2D eigenvalue weighted by Gasteiger charge is 2.20. The monoisotopic (exact) mass is 284 g/mol. The smallest absolute Gasteiger partial charge is 0.188 e. The van der Waals surface area contributed by atoms with Gasteiger partial charge in [0.25, 0.3) is 0 Å². The molecule has 0 radical (unpaired) electrons. The third-order valence-electron chi connectivity index (χ3n) is 3.81. The van der Waals surface area contributed by atoms with Crippen LogP contribution >= 0.6 is 0 Å². The lowest BCUT2D eigenvalue weighted by atomic mass is 9.99. The number of aliphatic imine (C=N–C) groups is 1. The second-order valence-corrected chi connectivity index (χ2v) is 5.79. The molecule has 5 heteroatoms. The van der Waals surface area contributed by atoms with E-state index in [-0.39, 0.29) is 0 Å². The molecule has 118 valence electrons. The van der Waals surface area contributed by atoms with Gasteiger partial charge < -0.3 is 15.8 Å². The van der Waals surface area contributed by atoms with Gasteiger partial charge in [-0.15, -0.1) is 0 Å². The summed E-state index contributed by atoms with van der Waals surface area (Å²) in [5, 5.41) is 3.14. The van der Waals surface area contributed by atoms with Crippen molar-refractivity contribution in [3.63, 3.8) is 0 Å². The zero-order chi connectivity index (χ0) is 14.8. The number of likely N-dealkylation sites (tertiary alicyclic amines) is 1. The van der Waals surface area contributed by atoms with Crippen molar-refractivity contribution in [2.24, 2.45) is 16.6 Å². The van der Waals surface area contributed by atoms with E-state index in [2.05, 4.69) is 29.1 Å². The molecule has 2 unspecified atom stereocenters. The summed E-state index contributed by atoms with van der Waals surface area (Å²) >= 11 is 0. The molecule has 0 aromatic rings. The van der Waals surface area contributed by atoms with Gasteiger partial charge in [0.1, 0.15) is 0 Å². The van der Waals surface area contributed by atoms with E-state index < -0.39 is 0 Å². The molecule has 0 spiro atoms. The van der Waals surface area contributed by atoms with Crippen molar-refractivity contribution in [2.45, 2.75) is 46.1 Å². The fourth-order valence-electron chi connectivity index (χ4n) is 2.56. The molecule has 1 rings (SSSR count). The Morgan fingerprint density at radius 2 is 2.35 bits per heavy atom. The zero-order valence-electron chi connectivity index (χ0n) is 13.4. The summed E-state index contributed by atoms with van der Waals surface area (Å²) in [7, 11) is 0. The SMILES string of the molecule is CCOCCCNC(N)=NCC(C)N1CCCC(C)C1. The third kappa shape index (κ3) is 7.10. The van der Waals surface area contributed by atoms with E-state index >= 15 is 0 Å². The Kier molecular flexibility index (Phi) is 8.62. The lowest BCUT2D eigenvalue weighted by Crippen LogP contribution is -2.43. The molecule has 1 aliphatic heterocycles. The Labute approximate surface area is 124 Å². The first-order valence-corrected chi connectivity index (χ1v) is 7.99. The fourth-order valence-corrected chi connectivity index (χ4v) is 2.56. The van der Waals surface area contributed by atoms with Crippen LogP contribution in [0.1, 0.15) is 40.0 Å². The Morgan fingerprint density at radius 3 is 3.05 bits per heavy atom. The molecule has 0 aromatic carbocycles. The molecule has 1 aliphatic rings. The number of nitrogens with one attached hydrogen (secondary N) is 1. The molecule has 0 bridgehead atoms. The van der Waals surface area contributed by atoms with Crippen molar-refractivity contribution in [3.05, 3.63) is 0 Å². The third-order valence-corrected chi connectivity index (χ3v) is 3.81. The lowest BCUT2D eigenvalue weighted by molar-refractivity contribution is 0.142. The molecule has 2 atom stereocenters. The normalized spacial score (nSPS) is 22.8. The van der Waals surface area contributed by atoms with Crippen LogP contribution in [0.3, 0.4) is 0 Å². The van der Waals surface area contributed by atoms with E-state index in [0.29, 0.717) is 12.0 Å². The maximum atomic E-state index is 5.87. The number of ether oxygens (including phenoxy) is 1. The predicted octanol–water partition coefficient (Wildman–Crippen LogP) is 1.44. The minimum absolute atomic E-state index is 0.474. The number of nitrogens with two attached hydrogens (primary N) is 1. The molecule has 5 nitrogen and oxygen atoms in total. The van der Waals surface area contributed by atoms with Gasteiger partial charge in [0.05, 0.1) is 6.54 Å². The van der Waals surface area contributed by atoms with E-state index in [4.69, 9.17) is 10.5 Å². The number of guanidine groups is 1. The summed E-state index contributed by atoms with van der Waals surface area (Å²) in [6.07, 6.45) is 3.62.